The van der Waals surface area contributed by atoms with E-state index in [9.17, 15) is 4.79 Å². The van der Waals surface area contributed by atoms with Crippen molar-refractivity contribution in [2.45, 2.75) is 0 Å². The van der Waals surface area contributed by atoms with Crippen LogP contribution in [0.2, 0.25) is 0 Å². The van der Waals surface area contributed by atoms with Gasteiger partial charge < -0.3 is 4.42 Å². The van der Waals surface area contributed by atoms with Crippen LogP contribution in [0.3, 0.4) is 0 Å². The number of para-hydroxylation sites is 1. The van der Waals surface area contributed by atoms with Crippen LogP contribution < -0.4 is 0 Å². The zero-order chi connectivity index (χ0) is 15.6. The molecule has 4 aromatic rings. The van der Waals surface area contributed by atoms with Gasteiger partial charge in [-0.3, -0.25) is 9.78 Å². The lowest BCUT2D eigenvalue weighted by Crippen LogP contribution is -2.01. The van der Waals surface area contributed by atoms with Crippen molar-refractivity contribution in [1.82, 2.24) is 4.98 Å². The van der Waals surface area contributed by atoms with Crippen LogP contribution in [-0.4, -0.2) is 10.8 Å². The number of carbonyl (C=O) groups is 1. The first-order chi connectivity index (χ1) is 11.3. The molecule has 4 rings (SSSR count). The van der Waals surface area contributed by atoms with E-state index in [4.69, 9.17) is 4.42 Å². The van der Waals surface area contributed by atoms with Crippen LogP contribution >= 0.6 is 0 Å². The summed E-state index contributed by atoms with van der Waals surface area (Å²) in [6.45, 7) is 0. The van der Waals surface area contributed by atoms with Crippen LogP contribution in [0, 0.1) is 0 Å². The Bertz CT molecular complexity index is 972. The Hall–Kier alpha value is -3.20. The molecule has 0 aliphatic rings. The van der Waals surface area contributed by atoms with Gasteiger partial charge in [0.2, 0.25) is 5.78 Å². The number of fused-ring (bicyclic) bond motifs is 1. The van der Waals surface area contributed by atoms with Crippen LogP contribution in [0.1, 0.15) is 16.1 Å². The maximum Gasteiger partial charge on any atom is 0.228 e. The minimum Gasteiger partial charge on any atom is -0.452 e. The number of hydrogen-bond acceptors (Lipinski definition) is 3. The van der Waals surface area contributed by atoms with Crippen LogP contribution in [-0.2, 0) is 0 Å². The van der Waals surface area contributed by atoms with E-state index in [-0.39, 0.29) is 5.78 Å². The summed E-state index contributed by atoms with van der Waals surface area (Å²) in [5.41, 5.74) is 2.97. The van der Waals surface area contributed by atoms with Crippen molar-refractivity contribution in [2.24, 2.45) is 0 Å². The molecule has 0 bridgehead atoms. The SMILES string of the molecule is O=C(c1ccccc1)c1oc2ccccc2c1-c1cccnc1. The third kappa shape index (κ3) is 2.32. The van der Waals surface area contributed by atoms with Gasteiger partial charge in [0.15, 0.2) is 5.76 Å². The minimum atomic E-state index is -0.124. The van der Waals surface area contributed by atoms with Crippen molar-refractivity contribution < 1.29 is 9.21 Å². The second-order valence-electron chi connectivity index (χ2n) is 5.24. The van der Waals surface area contributed by atoms with Crippen molar-refractivity contribution in [3.8, 4) is 11.1 Å². The molecule has 0 spiro atoms. The summed E-state index contributed by atoms with van der Waals surface area (Å²) < 4.78 is 5.89. The fraction of sp³-hybridized carbons (Fsp3) is 0. The fourth-order valence-electron chi connectivity index (χ4n) is 2.72. The molecule has 3 nitrogen and oxygen atoms in total. The standard InChI is InChI=1S/C20H13NO2/c22-19(14-7-2-1-3-8-14)20-18(15-9-6-12-21-13-15)16-10-4-5-11-17(16)23-20/h1-13H. The number of nitrogens with zero attached hydrogens (tertiary/aromatic N) is 1. The molecule has 0 saturated carbocycles. The highest BCUT2D eigenvalue weighted by atomic mass is 16.3. The number of hydrogen-bond donors (Lipinski definition) is 0. The van der Waals surface area contributed by atoms with Gasteiger partial charge in [-0.05, 0) is 12.1 Å². The number of aromatic nitrogens is 1. The van der Waals surface area contributed by atoms with E-state index in [1.54, 1.807) is 24.5 Å². The molecule has 2 aromatic carbocycles. The van der Waals surface area contributed by atoms with Gasteiger partial charge in [0.25, 0.3) is 0 Å². The maximum absolute atomic E-state index is 12.9. The minimum absolute atomic E-state index is 0.124. The van der Waals surface area contributed by atoms with Gasteiger partial charge >= 0.3 is 0 Å². The van der Waals surface area contributed by atoms with Gasteiger partial charge in [-0.25, -0.2) is 0 Å². The Morgan fingerprint density at radius 3 is 2.43 bits per heavy atom. The molecule has 0 radical (unpaired) electrons. The van der Waals surface area contributed by atoms with Gasteiger partial charge in [-0.2, -0.15) is 0 Å². The predicted molar refractivity (Wildman–Crippen MR) is 89.3 cm³/mol. The largest absolute Gasteiger partial charge is 0.452 e. The molecule has 0 fully saturated rings. The molecule has 0 aliphatic carbocycles. The molecular formula is C20H13NO2. The first-order valence-corrected chi connectivity index (χ1v) is 7.36. The van der Waals surface area contributed by atoms with E-state index in [1.165, 1.54) is 0 Å². The molecule has 0 unspecified atom stereocenters. The summed E-state index contributed by atoms with van der Waals surface area (Å²) in [5.74, 6) is 0.228. The number of rotatable bonds is 3. The normalized spacial score (nSPS) is 10.8. The average Bonchev–Trinajstić information content (AvgIpc) is 3.02. The molecule has 110 valence electrons. The lowest BCUT2D eigenvalue weighted by Gasteiger charge is -2.03. The van der Waals surface area contributed by atoms with Gasteiger partial charge in [-0.1, -0.05) is 54.6 Å². The third-order valence-electron chi connectivity index (χ3n) is 3.79. The van der Waals surface area contributed by atoms with Crippen molar-refractivity contribution in [3.05, 3.63) is 90.4 Å². The number of pyridine rings is 1. The monoisotopic (exact) mass is 299 g/mol. The lowest BCUT2D eigenvalue weighted by atomic mass is 9.99. The number of ketones is 1. The Labute approximate surface area is 133 Å². The summed E-state index contributed by atoms with van der Waals surface area (Å²) in [4.78, 5) is 17.1. The molecule has 2 heterocycles. The summed E-state index contributed by atoms with van der Waals surface area (Å²) >= 11 is 0. The van der Waals surface area contributed by atoms with Crippen molar-refractivity contribution >= 4 is 16.8 Å². The maximum atomic E-state index is 12.9. The van der Waals surface area contributed by atoms with E-state index in [2.05, 4.69) is 4.98 Å². The molecule has 3 heteroatoms. The molecule has 0 N–H and O–H groups in total. The highest BCUT2D eigenvalue weighted by Gasteiger charge is 2.22. The molecule has 2 aromatic heterocycles. The molecule has 0 atom stereocenters. The summed E-state index contributed by atoms with van der Waals surface area (Å²) in [6, 6.07) is 20.6. The second kappa shape index (κ2) is 5.54. The van der Waals surface area contributed by atoms with E-state index < -0.39 is 0 Å². The van der Waals surface area contributed by atoms with E-state index in [0.717, 1.165) is 16.5 Å². The molecule has 0 saturated heterocycles. The zero-order valence-electron chi connectivity index (χ0n) is 12.3. The quantitative estimate of drug-likeness (QED) is 0.514. The summed E-state index contributed by atoms with van der Waals surface area (Å²) in [5, 5.41) is 0.916. The average molecular weight is 299 g/mol. The van der Waals surface area contributed by atoms with E-state index in [0.29, 0.717) is 16.9 Å². The van der Waals surface area contributed by atoms with Crippen LogP contribution in [0.25, 0.3) is 22.1 Å². The summed E-state index contributed by atoms with van der Waals surface area (Å²) in [7, 11) is 0. The highest BCUT2D eigenvalue weighted by molar-refractivity contribution is 6.15. The van der Waals surface area contributed by atoms with Gasteiger partial charge in [0.1, 0.15) is 5.58 Å². The van der Waals surface area contributed by atoms with Crippen molar-refractivity contribution in [3.63, 3.8) is 0 Å². The Morgan fingerprint density at radius 2 is 1.65 bits per heavy atom. The van der Waals surface area contributed by atoms with E-state index >= 15 is 0 Å². The molecular weight excluding hydrogens is 286 g/mol. The Morgan fingerprint density at radius 1 is 0.870 bits per heavy atom. The van der Waals surface area contributed by atoms with Crippen LogP contribution in [0.5, 0.6) is 0 Å². The zero-order valence-corrected chi connectivity index (χ0v) is 12.3. The first-order valence-electron chi connectivity index (χ1n) is 7.36. The predicted octanol–water partition coefficient (Wildman–Crippen LogP) is 4.73. The third-order valence-corrected chi connectivity index (χ3v) is 3.79. The number of benzene rings is 2. The lowest BCUT2D eigenvalue weighted by molar-refractivity contribution is 0.101. The molecule has 0 amide bonds. The number of carbonyl (C=O) groups excluding carboxylic acids is 1. The second-order valence-corrected chi connectivity index (χ2v) is 5.24. The van der Waals surface area contributed by atoms with Crippen molar-refractivity contribution in [2.75, 3.05) is 0 Å². The first kappa shape index (κ1) is 13.5. The smallest absolute Gasteiger partial charge is 0.228 e. The Kier molecular flexibility index (Phi) is 3.24. The highest BCUT2D eigenvalue weighted by Crippen LogP contribution is 2.35. The van der Waals surface area contributed by atoms with Gasteiger partial charge in [0, 0.05) is 34.5 Å². The fourth-order valence-corrected chi connectivity index (χ4v) is 2.72. The van der Waals surface area contributed by atoms with Crippen molar-refractivity contribution in [1.29, 1.82) is 0 Å². The van der Waals surface area contributed by atoms with Crippen LogP contribution in [0.4, 0.5) is 0 Å². The van der Waals surface area contributed by atoms with Gasteiger partial charge in [-0.15, -0.1) is 0 Å². The van der Waals surface area contributed by atoms with Crippen LogP contribution in [0.15, 0.2) is 83.5 Å². The van der Waals surface area contributed by atoms with E-state index in [1.807, 2.05) is 54.6 Å². The Balaban J connectivity index is 1.98. The molecule has 23 heavy (non-hydrogen) atoms. The topological polar surface area (TPSA) is 43.1 Å². The molecule has 0 aliphatic heterocycles. The summed E-state index contributed by atoms with van der Waals surface area (Å²) in [6.07, 6.45) is 3.46. The number of furan rings is 1. The van der Waals surface area contributed by atoms with Gasteiger partial charge in [0.05, 0.1) is 0 Å².